The normalized spacial score (nSPS) is 21.1. The van der Waals surface area contributed by atoms with Crippen LogP contribution in [0.3, 0.4) is 0 Å². The minimum Gasteiger partial charge on any atom is -0.353 e. The van der Waals surface area contributed by atoms with Crippen LogP contribution in [0, 0.1) is 3.57 Å². The van der Waals surface area contributed by atoms with Gasteiger partial charge >= 0.3 is 0 Å². The molecule has 1 saturated heterocycles. The van der Waals surface area contributed by atoms with Crippen LogP contribution in [0.15, 0.2) is 12.5 Å². The van der Waals surface area contributed by atoms with E-state index in [2.05, 4.69) is 37.5 Å². The average molecular weight is 332 g/mol. The lowest BCUT2D eigenvalue weighted by atomic mass is 9.99. The molecule has 0 amide bonds. The fraction of sp³-hybridized carbons (Fsp3) is 0.636. The lowest BCUT2D eigenvalue weighted by Crippen LogP contribution is -2.41. The van der Waals surface area contributed by atoms with Crippen molar-refractivity contribution in [2.75, 3.05) is 18.0 Å². The maximum absolute atomic E-state index is 5.68. The molecule has 5 heteroatoms. The van der Waals surface area contributed by atoms with E-state index < -0.39 is 0 Å². The highest BCUT2D eigenvalue weighted by molar-refractivity contribution is 14.1. The zero-order valence-corrected chi connectivity index (χ0v) is 11.4. The van der Waals surface area contributed by atoms with Crippen molar-refractivity contribution < 1.29 is 0 Å². The fourth-order valence-corrected chi connectivity index (χ4v) is 2.90. The largest absolute Gasteiger partial charge is 0.353 e. The average Bonchev–Trinajstić information content (AvgIpc) is 2.31. The summed E-state index contributed by atoms with van der Waals surface area (Å²) in [6, 6.07) is 0.558. The maximum atomic E-state index is 5.68. The first kappa shape index (κ1) is 12.0. The van der Waals surface area contributed by atoms with Gasteiger partial charge in [0.15, 0.2) is 0 Å². The van der Waals surface area contributed by atoms with Gasteiger partial charge < -0.3 is 10.6 Å². The van der Waals surface area contributed by atoms with Gasteiger partial charge in [0.1, 0.15) is 12.1 Å². The van der Waals surface area contributed by atoms with Crippen LogP contribution < -0.4 is 10.6 Å². The Hall–Kier alpha value is -0.430. The van der Waals surface area contributed by atoms with E-state index in [0.717, 1.165) is 28.9 Å². The second-order valence-electron chi connectivity index (χ2n) is 4.11. The van der Waals surface area contributed by atoms with E-state index in [0.29, 0.717) is 6.04 Å². The molecule has 4 nitrogen and oxygen atoms in total. The fourth-order valence-electron chi connectivity index (χ4n) is 2.29. The Morgan fingerprint density at radius 1 is 1.50 bits per heavy atom. The van der Waals surface area contributed by atoms with Crippen LogP contribution in [0.4, 0.5) is 5.82 Å². The maximum Gasteiger partial charge on any atom is 0.145 e. The van der Waals surface area contributed by atoms with Crippen molar-refractivity contribution in [1.82, 2.24) is 9.97 Å². The van der Waals surface area contributed by atoms with E-state index in [9.17, 15) is 0 Å². The zero-order valence-electron chi connectivity index (χ0n) is 9.27. The van der Waals surface area contributed by atoms with Crippen LogP contribution in [0.5, 0.6) is 0 Å². The molecule has 1 unspecified atom stereocenters. The number of anilines is 1. The summed E-state index contributed by atoms with van der Waals surface area (Å²) in [5.74, 6) is 1.08. The number of aromatic nitrogens is 2. The molecule has 2 N–H and O–H groups in total. The van der Waals surface area contributed by atoms with Crippen molar-refractivity contribution in [3.63, 3.8) is 0 Å². The Labute approximate surface area is 110 Å². The topological polar surface area (TPSA) is 55.0 Å². The molecule has 0 radical (unpaired) electrons. The Bertz CT molecular complexity index is 343. The van der Waals surface area contributed by atoms with E-state index >= 15 is 0 Å². The number of nitrogens with two attached hydrogens (primary N) is 1. The first-order valence-electron chi connectivity index (χ1n) is 5.75. The molecule has 0 spiro atoms. The highest BCUT2D eigenvalue weighted by atomic mass is 127. The van der Waals surface area contributed by atoms with Crippen LogP contribution in [0.25, 0.3) is 0 Å². The van der Waals surface area contributed by atoms with Gasteiger partial charge in [0.25, 0.3) is 0 Å². The third-order valence-electron chi connectivity index (χ3n) is 3.05. The molecule has 1 aromatic rings. The lowest BCUT2D eigenvalue weighted by Gasteiger charge is -2.37. The number of halogens is 1. The minimum atomic E-state index is 0.558. The van der Waals surface area contributed by atoms with E-state index in [1.54, 1.807) is 6.33 Å². The molecule has 0 saturated carbocycles. The third-order valence-corrected chi connectivity index (χ3v) is 3.81. The predicted molar refractivity (Wildman–Crippen MR) is 73.4 cm³/mol. The number of hydrogen-bond donors (Lipinski definition) is 1. The monoisotopic (exact) mass is 332 g/mol. The Morgan fingerprint density at radius 2 is 2.38 bits per heavy atom. The summed E-state index contributed by atoms with van der Waals surface area (Å²) in [4.78, 5) is 10.8. The van der Waals surface area contributed by atoms with Gasteiger partial charge in [-0.05, 0) is 54.8 Å². The van der Waals surface area contributed by atoms with Gasteiger partial charge in [-0.25, -0.2) is 9.97 Å². The molecule has 2 heterocycles. The lowest BCUT2D eigenvalue weighted by molar-refractivity contribution is 0.438. The van der Waals surface area contributed by atoms with E-state index in [1.165, 1.54) is 19.3 Å². The number of hydrogen-bond acceptors (Lipinski definition) is 4. The van der Waals surface area contributed by atoms with Crippen LogP contribution in [-0.4, -0.2) is 29.1 Å². The van der Waals surface area contributed by atoms with E-state index in [4.69, 9.17) is 5.73 Å². The molecule has 1 aliphatic rings. The van der Waals surface area contributed by atoms with Crippen molar-refractivity contribution in [3.05, 3.63) is 16.1 Å². The highest BCUT2D eigenvalue weighted by Gasteiger charge is 2.24. The molecular weight excluding hydrogens is 315 g/mol. The van der Waals surface area contributed by atoms with Crippen molar-refractivity contribution in [2.45, 2.75) is 31.7 Å². The van der Waals surface area contributed by atoms with Crippen molar-refractivity contribution in [3.8, 4) is 0 Å². The smallest absolute Gasteiger partial charge is 0.145 e. The number of nitrogens with zero attached hydrogens (tertiary/aromatic N) is 3. The van der Waals surface area contributed by atoms with Crippen molar-refractivity contribution in [2.24, 2.45) is 5.73 Å². The molecule has 88 valence electrons. The summed E-state index contributed by atoms with van der Waals surface area (Å²) < 4.78 is 1.13. The molecule has 1 aliphatic heterocycles. The summed E-state index contributed by atoms with van der Waals surface area (Å²) in [6.45, 7) is 1.85. The van der Waals surface area contributed by atoms with Gasteiger partial charge in [0.2, 0.25) is 0 Å². The molecule has 1 atom stereocenters. The molecule has 2 rings (SSSR count). The van der Waals surface area contributed by atoms with Gasteiger partial charge in [-0.2, -0.15) is 0 Å². The van der Waals surface area contributed by atoms with E-state index in [1.807, 2.05) is 6.20 Å². The predicted octanol–water partition coefficient (Wildman–Crippen LogP) is 1.79. The molecule has 16 heavy (non-hydrogen) atoms. The second-order valence-corrected chi connectivity index (χ2v) is 5.28. The number of piperidine rings is 1. The molecule has 0 aliphatic carbocycles. The third kappa shape index (κ3) is 2.63. The molecule has 1 aromatic heterocycles. The van der Waals surface area contributed by atoms with Crippen LogP contribution >= 0.6 is 22.6 Å². The SMILES string of the molecule is NCCC1CCCCN1c1ncncc1I. The minimum absolute atomic E-state index is 0.558. The first-order valence-corrected chi connectivity index (χ1v) is 6.83. The van der Waals surface area contributed by atoms with Gasteiger partial charge in [-0.3, -0.25) is 0 Å². The molecule has 0 aromatic carbocycles. The van der Waals surface area contributed by atoms with Crippen molar-refractivity contribution in [1.29, 1.82) is 0 Å². The zero-order chi connectivity index (χ0) is 11.4. The van der Waals surface area contributed by atoms with Crippen LogP contribution in [-0.2, 0) is 0 Å². The quantitative estimate of drug-likeness (QED) is 0.858. The summed E-state index contributed by atoms with van der Waals surface area (Å²) in [7, 11) is 0. The molecule has 1 fully saturated rings. The summed E-state index contributed by atoms with van der Waals surface area (Å²) in [6.07, 6.45) is 8.35. The number of rotatable bonds is 3. The summed E-state index contributed by atoms with van der Waals surface area (Å²) in [5.41, 5.74) is 5.68. The Balaban J connectivity index is 2.19. The van der Waals surface area contributed by atoms with Gasteiger partial charge in [-0.15, -0.1) is 0 Å². The molecule has 0 bridgehead atoms. The van der Waals surface area contributed by atoms with Crippen LogP contribution in [0.1, 0.15) is 25.7 Å². The van der Waals surface area contributed by atoms with Gasteiger partial charge in [-0.1, -0.05) is 0 Å². The summed E-state index contributed by atoms with van der Waals surface area (Å²) >= 11 is 2.30. The van der Waals surface area contributed by atoms with E-state index in [-0.39, 0.29) is 0 Å². The van der Waals surface area contributed by atoms with Gasteiger partial charge in [0, 0.05) is 18.8 Å². The van der Waals surface area contributed by atoms with Crippen molar-refractivity contribution >= 4 is 28.4 Å². The Kier molecular flexibility index (Phi) is 4.34. The second kappa shape index (κ2) is 5.77. The van der Waals surface area contributed by atoms with Crippen LogP contribution in [0.2, 0.25) is 0 Å². The Morgan fingerprint density at radius 3 is 3.12 bits per heavy atom. The van der Waals surface area contributed by atoms with Gasteiger partial charge in [0.05, 0.1) is 3.57 Å². The standard InChI is InChI=1S/C11H17IN4/c12-10-7-14-8-15-11(10)16-6-2-1-3-9(16)4-5-13/h7-9H,1-6,13H2. The first-order chi connectivity index (χ1) is 7.83. The highest BCUT2D eigenvalue weighted by Crippen LogP contribution is 2.27. The molecular formula is C11H17IN4. The summed E-state index contributed by atoms with van der Waals surface area (Å²) in [5, 5.41) is 0.